The lowest BCUT2D eigenvalue weighted by molar-refractivity contribution is 0.0991. The van der Waals surface area contributed by atoms with E-state index in [4.69, 9.17) is 5.14 Å². The zero-order chi connectivity index (χ0) is 19.0. The molecule has 2 aromatic rings. The van der Waals surface area contributed by atoms with Crippen LogP contribution >= 0.6 is 0 Å². The van der Waals surface area contributed by atoms with Crippen molar-refractivity contribution in [3.63, 3.8) is 0 Å². The van der Waals surface area contributed by atoms with Gasteiger partial charge in [0.15, 0.2) is 0 Å². The molecule has 2 rings (SSSR count). The fourth-order valence-corrected chi connectivity index (χ4v) is 3.33. The van der Waals surface area contributed by atoms with Gasteiger partial charge in [-0.25, -0.2) is 13.6 Å². The van der Waals surface area contributed by atoms with Crippen LogP contribution in [-0.2, 0) is 16.4 Å². The van der Waals surface area contributed by atoms with Gasteiger partial charge in [-0.15, -0.1) is 0 Å². The van der Waals surface area contributed by atoms with Crippen molar-refractivity contribution in [2.75, 3.05) is 26.2 Å². The zero-order valence-electron chi connectivity index (χ0n) is 14.7. The van der Waals surface area contributed by atoms with Crippen LogP contribution in [0.3, 0.4) is 0 Å². The fourth-order valence-electron chi connectivity index (χ4n) is 2.81. The van der Waals surface area contributed by atoms with Crippen LogP contribution in [0.25, 0.3) is 0 Å². The molecule has 4 N–H and O–H groups in total. The Morgan fingerprint density at radius 3 is 2.23 bits per heavy atom. The normalized spacial score (nSPS) is 13.1. The number of aliphatic hydroxyl groups excluding tert-OH is 2. The number of hydrogen-bond acceptors (Lipinski definition) is 5. The second-order valence-electron chi connectivity index (χ2n) is 6.24. The van der Waals surface area contributed by atoms with Crippen LogP contribution in [0.2, 0.25) is 0 Å². The number of sulfonamides is 1. The molecule has 7 heteroatoms. The van der Waals surface area contributed by atoms with Gasteiger partial charge in [-0.1, -0.05) is 42.5 Å². The van der Waals surface area contributed by atoms with Crippen molar-refractivity contribution in [3.8, 4) is 0 Å². The van der Waals surface area contributed by atoms with Gasteiger partial charge in [-0.3, -0.25) is 4.90 Å². The van der Waals surface area contributed by atoms with Crippen molar-refractivity contribution in [1.29, 1.82) is 0 Å². The molecule has 26 heavy (non-hydrogen) atoms. The van der Waals surface area contributed by atoms with E-state index in [9.17, 15) is 18.6 Å². The predicted octanol–water partition coefficient (Wildman–Crippen LogP) is 1.29. The van der Waals surface area contributed by atoms with E-state index in [2.05, 4.69) is 0 Å². The number of primary sulfonamides is 1. The third kappa shape index (κ3) is 6.51. The van der Waals surface area contributed by atoms with E-state index in [0.29, 0.717) is 13.1 Å². The largest absolute Gasteiger partial charge is 0.395 e. The van der Waals surface area contributed by atoms with Gasteiger partial charge in [0.05, 0.1) is 17.6 Å². The third-order valence-electron chi connectivity index (χ3n) is 4.22. The molecule has 0 unspecified atom stereocenters. The van der Waals surface area contributed by atoms with Crippen molar-refractivity contribution in [3.05, 3.63) is 65.7 Å². The molecule has 0 aliphatic heterocycles. The molecule has 0 saturated heterocycles. The van der Waals surface area contributed by atoms with E-state index in [1.165, 1.54) is 12.1 Å². The highest BCUT2D eigenvalue weighted by atomic mass is 32.2. The lowest BCUT2D eigenvalue weighted by Crippen LogP contribution is -2.32. The number of aryl methyl sites for hydroxylation is 1. The third-order valence-corrected chi connectivity index (χ3v) is 5.15. The van der Waals surface area contributed by atoms with Gasteiger partial charge >= 0.3 is 0 Å². The first kappa shape index (κ1) is 20.5. The summed E-state index contributed by atoms with van der Waals surface area (Å²) >= 11 is 0. The Labute approximate surface area is 154 Å². The van der Waals surface area contributed by atoms with Crippen molar-refractivity contribution in [1.82, 2.24) is 4.90 Å². The first-order valence-electron chi connectivity index (χ1n) is 8.58. The molecule has 0 spiro atoms. The van der Waals surface area contributed by atoms with Crippen LogP contribution < -0.4 is 5.14 Å². The molecule has 0 fully saturated rings. The molecule has 0 aromatic heterocycles. The van der Waals surface area contributed by atoms with Crippen LogP contribution in [0.4, 0.5) is 0 Å². The molecule has 6 nitrogen and oxygen atoms in total. The van der Waals surface area contributed by atoms with Gasteiger partial charge in [-0.05, 0) is 42.6 Å². The van der Waals surface area contributed by atoms with Gasteiger partial charge in [0, 0.05) is 13.1 Å². The van der Waals surface area contributed by atoms with E-state index in [0.717, 1.165) is 30.5 Å². The van der Waals surface area contributed by atoms with Crippen molar-refractivity contribution in [2.24, 2.45) is 5.14 Å². The number of benzene rings is 2. The van der Waals surface area contributed by atoms with Gasteiger partial charge < -0.3 is 10.2 Å². The lowest BCUT2D eigenvalue weighted by atomic mass is 10.1. The highest BCUT2D eigenvalue weighted by Gasteiger charge is 2.13. The van der Waals surface area contributed by atoms with Crippen molar-refractivity contribution < 1.29 is 18.6 Å². The second kappa shape index (κ2) is 9.80. The van der Waals surface area contributed by atoms with Crippen molar-refractivity contribution >= 4 is 10.0 Å². The minimum absolute atomic E-state index is 0.0323. The standard InChI is InChI=1S/C19H26N2O4S/c20-26(24,25)18-10-8-16(9-11-18)5-4-12-21(13-14-22)15-19(23)17-6-2-1-3-7-17/h1-3,6-11,19,22-23H,4-5,12-15H2,(H2,20,24,25)/t19-/m0/s1. The monoisotopic (exact) mass is 378 g/mol. The average molecular weight is 378 g/mol. The van der Waals surface area contributed by atoms with E-state index in [-0.39, 0.29) is 11.5 Å². The summed E-state index contributed by atoms with van der Waals surface area (Å²) < 4.78 is 22.5. The Hall–Kier alpha value is -1.77. The SMILES string of the molecule is NS(=O)(=O)c1ccc(CCCN(CCO)C[C@H](O)c2ccccc2)cc1. The van der Waals surface area contributed by atoms with Gasteiger partial charge in [0.25, 0.3) is 0 Å². The minimum Gasteiger partial charge on any atom is -0.395 e. The summed E-state index contributed by atoms with van der Waals surface area (Å²) in [6.45, 7) is 1.70. The molecular weight excluding hydrogens is 352 g/mol. The maximum Gasteiger partial charge on any atom is 0.238 e. The number of nitrogens with zero attached hydrogens (tertiary/aromatic N) is 1. The van der Waals surface area contributed by atoms with E-state index < -0.39 is 16.1 Å². The summed E-state index contributed by atoms with van der Waals surface area (Å²) in [6, 6.07) is 16.0. The number of aliphatic hydroxyl groups is 2. The highest BCUT2D eigenvalue weighted by Crippen LogP contribution is 2.15. The number of rotatable bonds is 10. The molecule has 1 atom stereocenters. The van der Waals surface area contributed by atoms with Gasteiger partial charge in [0.2, 0.25) is 10.0 Å². The van der Waals surface area contributed by atoms with Crippen molar-refractivity contribution in [2.45, 2.75) is 23.8 Å². The predicted molar refractivity (Wildman–Crippen MR) is 101 cm³/mol. The fraction of sp³-hybridized carbons (Fsp3) is 0.368. The average Bonchev–Trinajstić information content (AvgIpc) is 2.62. The number of nitrogens with two attached hydrogens (primary N) is 1. The summed E-state index contributed by atoms with van der Waals surface area (Å²) in [5, 5.41) is 24.7. The first-order valence-corrected chi connectivity index (χ1v) is 10.1. The Morgan fingerprint density at radius 2 is 1.65 bits per heavy atom. The van der Waals surface area contributed by atoms with E-state index in [1.807, 2.05) is 35.2 Å². The maximum atomic E-state index is 11.3. The zero-order valence-corrected chi connectivity index (χ0v) is 15.5. The quantitative estimate of drug-likeness (QED) is 0.578. The van der Waals surface area contributed by atoms with Gasteiger partial charge in [0.1, 0.15) is 0 Å². The summed E-state index contributed by atoms with van der Waals surface area (Å²) in [7, 11) is -3.66. The van der Waals surface area contributed by atoms with Crippen LogP contribution in [0.5, 0.6) is 0 Å². The Balaban J connectivity index is 1.86. The van der Waals surface area contributed by atoms with E-state index in [1.54, 1.807) is 12.1 Å². The highest BCUT2D eigenvalue weighted by molar-refractivity contribution is 7.89. The topological polar surface area (TPSA) is 104 Å². The second-order valence-corrected chi connectivity index (χ2v) is 7.80. The maximum absolute atomic E-state index is 11.3. The van der Waals surface area contributed by atoms with Crippen LogP contribution in [0.1, 0.15) is 23.7 Å². The van der Waals surface area contributed by atoms with Crippen LogP contribution in [0.15, 0.2) is 59.5 Å². The molecule has 0 aliphatic rings. The molecule has 0 aliphatic carbocycles. The molecule has 0 saturated carbocycles. The molecule has 0 radical (unpaired) electrons. The summed E-state index contributed by atoms with van der Waals surface area (Å²) in [5.74, 6) is 0. The Kier molecular flexibility index (Phi) is 7.74. The Bertz CT molecular complexity index is 764. The summed E-state index contributed by atoms with van der Waals surface area (Å²) in [5.41, 5.74) is 1.87. The Morgan fingerprint density at radius 1 is 1.00 bits per heavy atom. The smallest absolute Gasteiger partial charge is 0.238 e. The molecule has 0 amide bonds. The molecule has 0 heterocycles. The lowest BCUT2D eigenvalue weighted by Gasteiger charge is -2.24. The van der Waals surface area contributed by atoms with Crippen LogP contribution in [-0.4, -0.2) is 49.8 Å². The first-order chi connectivity index (χ1) is 12.4. The number of hydrogen-bond donors (Lipinski definition) is 3. The molecule has 2 aromatic carbocycles. The van der Waals surface area contributed by atoms with Gasteiger partial charge in [-0.2, -0.15) is 0 Å². The molecular formula is C19H26N2O4S. The summed E-state index contributed by atoms with van der Waals surface area (Å²) in [4.78, 5) is 2.13. The summed E-state index contributed by atoms with van der Waals surface area (Å²) in [6.07, 6.45) is 1.00. The molecule has 0 bridgehead atoms. The van der Waals surface area contributed by atoms with E-state index >= 15 is 0 Å². The minimum atomic E-state index is -3.66. The molecule has 142 valence electrons. The van der Waals surface area contributed by atoms with Crippen LogP contribution in [0, 0.1) is 0 Å².